The summed E-state index contributed by atoms with van der Waals surface area (Å²) in [5, 5.41) is 53.3. The van der Waals surface area contributed by atoms with E-state index >= 15 is 0 Å². The van der Waals surface area contributed by atoms with Gasteiger partial charge in [-0.3, -0.25) is 0 Å². The summed E-state index contributed by atoms with van der Waals surface area (Å²) in [6.07, 6.45) is -8.33. The maximum atomic E-state index is 11.9. The van der Waals surface area contributed by atoms with Crippen LogP contribution >= 0.6 is 0 Å². The molecule has 10 N–H and O–H groups in total. The third kappa shape index (κ3) is 1.55. The highest BCUT2D eigenvalue weighted by atomic mass is 16.6. The maximum Gasteiger partial charge on any atom is 0.337 e. The van der Waals surface area contributed by atoms with Gasteiger partial charge < -0.3 is 47.1 Å². The minimum atomic E-state index is -2.36. The van der Waals surface area contributed by atoms with Gasteiger partial charge in [-0.15, -0.1) is 0 Å². The number of rotatable bonds is 1. The normalized spacial score (nSPS) is 53.9. The summed E-state index contributed by atoms with van der Waals surface area (Å²) in [6, 6.07) is 0. The van der Waals surface area contributed by atoms with E-state index in [1.165, 1.54) is 0 Å². The highest BCUT2D eigenvalue weighted by Gasteiger charge is 2.75. The van der Waals surface area contributed by atoms with Gasteiger partial charge in [0.25, 0.3) is 0 Å². The quantitative estimate of drug-likeness (QED) is 0.215. The van der Waals surface area contributed by atoms with Crippen molar-refractivity contribution in [1.29, 1.82) is 0 Å². The molecular weight excluding hydrogens is 300 g/mol. The predicted molar refractivity (Wildman–Crippen MR) is 68.9 cm³/mol. The number of hydrogen-bond donors (Lipinski definition) is 8. The third-order valence-electron chi connectivity index (χ3n) is 4.84. The molecule has 2 aliphatic heterocycles. The molecule has 0 amide bonds. The average molecular weight is 318 g/mol. The lowest BCUT2D eigenvalue weighted by molar-refractivity contribution is -0.301. The molecule has 1 saturated heterocycles. The summed E-state index contributed by atoms with van der Waals surface area (Å²) in [4.78, 5) is 15.7. The van der Waals surface area contributed by atoms with Crippen molar-refractivity contribution in [1.82, 2.24) is 5.32 Å². The van der Waals surface area contributed by atoms with Gasteiger partial charge in [-0.2, -0.15) is 0 Å². The Morgan fingerprint density at radius 2 is 1.95 bits per heavy atom. The molecule has 0 spiro atoms. The Bertz CT molecular complexity index is 545. The lowest BCUT2D eigenvalue weighted by Gasteiger charge is -2.63. The number of nitrogens with one attached hydrogen (secondary N) is 1. The number of aliphatic imine (C=N–C) groups is 1. The van der Waals surface area contributed by atoms with E-state index in [-0.39, 0.29) is 5.96 Å². The molecule has 0 aromatic rings. The van der Waals surface area contributed by atoms with Crippen LogP contribution in [0.15, 0.2) is 4.99 Å². The number of ether oxygens (including phenoxy) is 1. The molecule has 8 atom stereocenters. The molecule has 3 rings (SSSR count). The molecule has 1 saturated carbocycles. The van der Waals surface area contributed by atoms with E-state index in [0.29, 0.717) is 0 Å². The zero-order valence-corrected chi connectivity index (χ0v) is 11.3. The van der Waals surface area contributed by atoms with E-state index in [1.54, 1.807) is 0 Å². The highest BCUT2D eigenvalue weighted by Crippen LogP contribution is 2.49. The topological polar surface area (TPSA) is 204 Å². The molecule has 0 radical (unpaired) electrons. The predicted octanol–water partition coefficient (Wildman–Crippen LogP) is -5.71. The van der Waals surface area contributed by atoms with Crippen LogP contribution < -0.4 is 16.8 Å². The fourth-order valence-corrected chi connectivity index (χ4v) is 3.73. The minimum Gasteiger partial charge on any atom is -0.457 e. The van der Waals surface area contributed by atoms with Crippen molar-refractivity contribution in [3.05, 3.63) is 0 Å². The maximum absolute atomic E-state index is 11.9. The van der Waals surface area contributed by atoms with Crippen LogP contribution in [0.5, 0.6) is 0 Å². The van der Waals surface area contributed by atoms with Crippen molar-refractivity contribution in [3.8, 4) is 0 Å². The van der Waals surface area contributed by atoms with Crippen LogP contribution in [-0.2, 0) is 9.53 Å². The van der Waals surface area contributed by atoms with E-state index in [1.807, 2.05) is 0 Å². The summed E-state index contributed by atoms with van der Waals surface area (Å²) in [6.45, 7) is -1.00. The molecule has 0 aromatic carbocycles. The Hall–Kier alpha value is -1.50. The van der Waals surface area contributed by atoms with Crippen LogP contribution in [0.25, 0.3) is 0 Å². The second-order valence-electron chi connectivity index (χ2n) is 5.89. The molecule has 2 fully saturated rings. The van der Waals surface area contributed by atoms with E-state index in [9.17, 15) is 30.3 Å². The molecule has 22 heavy (non-hydrogen) atoms. The number of aliphatic hydroxyl groups is 5. The van der Waals surface area contributed by atoms with Gasteiger partial charge in [0.05, 0.1) is 12.5 Å². The molecular formula is C11H18N4O7. The van der Waals surface area contributed by atoms with Crippen molar-refractivity contribution in [3.63, 3.8) is 0 Å². The highest BCUT2D eigenvalue weighted by molar-refractivity contribution is 5.85. The van der Waals surface area contributed by atoms with Crippen LogP contribution in [0.2, 0.25) is 0 Å². The number of aliphatic hydroxyl groups excluding tert-OH is 4. The summed E-state index contributed by atoms with van der Waals surface area (Å²) >= 11 is 0. The number of guanidine groups is 1. The number of hydrogen-bond acceptors (Lipinski definition) is 11. The van der Waals surface area contributed by atoms with Crippen molar-refractivity contribution in [2.75, 3.05) is 6.61 Å². The number of nitrogens with two attached hydrogens (primary N) is 2. The molecule has 11 heteroatoms. The molecule has 11 nitrogen and oxygen atoms in total. The van der Waals surface area contributed by atoms with Gasteiger partial charge in [0.1, 0.15) is 30.0 Å². The van der Waals surface area contributed by atoms with E-state index < -0.39 is 60.2 Å². The number of carbonyl (C=O) groups excluding carboxylic acids is 1. The lowest BCUT2D eigenvalue weighted by Crippen LogP contribution is -2.89. The first kappa shape index (κ1) is 15.4. The van der Waals surface area contributed by atoms with E-state index in [0.717, 1.165) is 0 Å². The second kappa shape index (κ2) is 4.50. The summed E-state index contributed by atoms with van der Waals surface area (Å²) in [7, 11) is 0. The SMILES string of the molecule is NC1=N[C@H](N)[C@H]2[C@H]3OC(=O)[C@@H](O)C2(N1)C(O)[C@@H](O)[C@]3(O)CO. The van der Waals surface area contributed by atoms with E-state index in [4.69, 9.17) is 16.2 Å². The first-order valence-electron chi connectivity index (χ1n) is 6.65. The van der Waals surface area contributed by atoms with Crippen LogP contribution in [-0.4, -0.2) is 85.8 Å². The first-order chi connectivity index (χ1) is 10.2. The molecule has 2 unspecified atom stereocenters. The van der Waals surface area contributed by atoms with Gasteiger partial charge in [0.15, 0.2) is 17.7 Å². The average Bonchev–Trinajstić information content (AvgIpc) is 2.47. The van der Waals surface area contributed by atoms with Crippen molar-refractivity contribution in [2.45, 2.75) is 41.7 Å². The van der Waals surface area contributed by atoms with Gasteiger partial charge in [0.2, 0.25) is 0 Å². The van der Waals surface area contributed by atoms with Gasteiger partial charge in [0, 0.05) is 0 Å². The van der Waals surface area contributed by atoms with Crippen molar-refractivity contribution in [2.24, 2.45) is 22.4 Å². The zero-order valence-electron chi connectivity index (χ0n) is 11.3. The Kier molecular flexibility index (Phi) is 3.15. The fourth-order valence-electron chi connectivity index (χ4n) is 3.73. The molecule has 2 bridgehead atoms. The standard InChI is InChI=1S/C11H18N4O7/c12-7-2-6-10(21,1-16)3(17)4(18)11(2,15-9(13)14-7)5(19)8(20)22-6/h2-7,16-19,21H,1,12H2,(H3,13,14,15)/t2-,3-,4?,5-,6-,7+,10-,11?/m1/s1. The van der Waals surface area contributed by atoms with E-state index in [2.05, 4.69) is 10.3 Å². The Balaban J connectivity index is 2.23. The Morgan fingerprint density at radius 3 is 2.55 bits per heavy atom. The second-order valence-corrected chi connectivity index (χ2v) is 5.89. The molecule has 1 aliphatic carbocycles. The monoisotopic (exact) mass is 318 g/mol. The number of esters is 1. The molecule has 0 aromatic heterocycles. The zero-order chi connectivity index (χ0) is 16.4. The van der Waals surface area contributed by atoms with Gasteiger partial charge in [-0.25, -0.2) is 9.79 Å². The van der Waals surface area contributed by atoms with Crippen LogP contribution in [0.1, 0.15) is 0 Å². The Morgan fingerprint density at radius 1 is 1.32 bits per heavy atom. The van der Waals surface area contributed by atoms with Crippen LogP contribution in [0.3, 0.4) is 0 Å². The molecule has 124 valence electrons. The summed E-state index contributed by atoms with van der Waals surface area (Å²) in [5.74, 6) is -2.51. The largest absolute Gasteiger partial charge is 0.457 e. The minimum absolute atomic E-state index is 0.239. The van der Waals surface area contributed by atoms with Gasteiger partial charge >= 0.3 is 5.97 Å². The van der Waals surface area contributed by atoms with Crippen LogP contribution in [0, 0.1) is 5.92 Å². The smallest absolute Gasteiger partial charge is 0.337 e. The van der Waals surface area contributed by atoms with Gasteiger partial charge in [-0.1, -0.05) is 0 Å². The Labute approximate surface area is 124 Å². The summed E-state index contributed by atoms with van der Waals surface area (Å²) in [5.41, 5.74) is 7.19. The lowest BCUT2D eigenvalue weighted by atomic mass is 9.57. The van der Waals surface area contributed by atoms with Crippen molar-refractivity contribution < 1.29 is 35.1 Å². The van der Waals surface area contributed by atoms with Crippen molar-refractivity contribution >= 4 is 11.9 Å². The molecule has 2 heterocycles. The third-order valence-corrected chi connectivity index (χ3v) is 4.84. The van der Waals surface area contributed by atoms with Crippen LogP contribution in [0.4, 0.5) is 0 Å². The number of carbonyl (C=O) groups is 1. The molecule has 3 aliphatic rings. The fraction of sp³-hybridized carbons (Fsp3) is 0.818. The first-order valence-corrected chi connectivity index (χ1v) is 6.65. The summed E-state index contributed by atoms with van der Waals surface area (Å²) < 4.78 is 4.96. The van der Waals surface area contributed by atoms with Gasteiger partial charge in [-0.05, 0) is 0 Å². The number of nitrogens with zero attached hydrogens (tertiary/aromatic N) is 1.